The first-order valence-corrected chi connectivity index (χ1v) is 6.65. The summed E-state index contributed by atoms with van der Waals surface area (Å²) < 4.78 is 92.5. The smallest absolute Gasteiger partial charge is 1.00 e. The van der Waals surface area contributed by atoms with E-state index in [1.807, 2.05) is 0 Å². The molecular formula is HCuNaO11S2SeZn. The fourth-order valence-corrected chi connectivity index (χ4v) is 0. The minimum absolute atomic E-state index is 0. The van der Waals surface area contributed by atoms with Crippen LogP contribution in [-0.2, 0) is 61.2 Å². The van der Waals surface area contributed by atoms with Gasteiger partial charge in [0.25, 0.3) is 0 Å². The van der Waals surface area contributed by atoms with E-state index >= 15 is 0 Å². The molecule has 0 aromatic rings. The summed E-state index contributed by atoms with van der Waals surface area (Å²) in [7, 11) is -10.1. The van der Waals surface area contributed by atoms with Gasteiger partial charge in [0.1, 0.15) is 0 Å². The second-order valence-corrected chi connectivity index (χ2v) is 3.57. The average Bonchev–Trinajstić information content (AvgIpc) is 1.45. The van der Waals surface area contributed by atoms with E-state index < -0.39 is 35.3 Å². The van der Waals surface area contributed by atoms with Gasteiger partial charge in [-0.1, -0.05) is 0 Å². The molecule has 0 spiro atoms. The third-order valence-electron chi connectivity index (χ3n) is 0. The second kappa shape index (κ2) is 18.1. The molecule has 17 heavy (non-hydrogen) atoms. The molecule has 0 heterocycles. The molecule has 0 amide bonds. The summed E-state index contributed by atoms with van der Waals surface area (Å²) in [5, 5.41) is 0. The monoisotopic (exact) mass is 471 g/mol. The molecule has 0 atom stereocenters. The Kier molecular flexibility index (Phi) is 38.9. The molecule has 11 nitrogen and oxygen atoms in total. The first-order valence-electron chi connectivity index (χ1n) is 1.85. The first-order chi connectivity index (χ1) is 5.73. The normalized spacial score (nSPS) is 8.88. The van der Waals surface area contributed by atoms with Crippen molar-refractivity contribution >= 4 is 35.3 Å². The molecular weight excluding hydrogens is 471 g/mol. The van der Waals surface area contributed by atoms with E-state index in [0.717, 1.165) is 0 Å². The zero-order chi connectivity index (χ0) is 12.6. The van der Waals surface area contributed by atoms with Crippen LogP contribution < -0.4 is 37.9 Å². The molecule has 0 aliphatic carbocycles. The van der Waals surface area contributed by atoms with Crippen LogP contribution in [0.15, 0.2) is 0 Å². The van der Waals surface area contributed by atoms with Crippen LogP contribution in [0.5, 0.6) is 0 Å². The zero-order valence-corrected chi connectivity index (χ0v) is 17.0. The van der Waals surface area contributed by atoms with E-state index in [1.54, 1.807) is 0 Å². The summed E-state index contributed by atoms with van der Waals surface area (Å²) in [5.74, 6) is 0. The van der Waals surface area contributed by atoms with Crippen molar-refractivity contribution in [1.29, 1.82) is 0 Å². The van der Waals surface area contributed by atoms with Crippen LogP contribution in [-0.4, -0.2) is 49.5 Å². The zero-order valence-electron chi connectivity index (χ0n) is 7.76. The average molecular weight is 472 g/mol. The van der Waals surface area contributed by atoms with Crippen LogP contribution in [0.3, 0.4) is 0 Å². The van der Waals surface area contributed by atoms with Crippen LogP contribution >= 0.6 is 0 Å². The molecule has 0 unspecified atom stereocenters. The molecule has 0 bridgehead atoms. The molecule has 0 saturated heterocycles. The van der Waals surface area contributed by atoms with Gasteiger partial charge >= 0.3 is 92.8 Å². The summed E-state index contributed by atoms with van der Waals surface area (Å²) in [4.78, 5) is 0. The van der Waals surface area contributed by atoms with Gasteiger partial charge < -0.3 is 13.7 Å². The van der Waals surface area contributed by atoms with Gasteiger partial charge in [0.05, 0.1) is 0 Å². The Morgan fingerprint density at radius 1 is 0.941 bits per heavy atom. The largest absolute Gasteiger partial charge is 2.00 e. The van der Waals surface area contributed by atoms with Gasteiger partial charge in [-0.25, -0.2) is 8.42 Å². The third-order valence-corrected chi connectivity index (χ3v) is 0. The standard InChI is InChI=1S/Cu.Na.2H2O4S.H2O3Se.Zn/c;;2*1-5(2,3)4;1-4(2)3;/h;;2*(H2,1,2,3,4);(H2,1,2,3);/q+2;+1;;;;+2/p-5. The van der Waals surface area contributed by atoms with Crippen molar-refractivity contribution in [1.82, 2.24) is 0 Å². The molecule has 17 heteroatoms. The van der Waals surface area contributed by atoms with Gasteiger partial charge in [-0.05, 0) is 0 Å². The van der Waals surface area contributed by atoms with E-state index in [4.69, 9.17) is 47.3 Å². The molecule has 0 aromatic carbocycles. The maximum atomic E-state index is 8.63. The summed E-state index contributed by atoms with van der Waals surface area (Å²) in [5.41, 5.74) is 0. The Bertz CT molecular complexity index is 296. The van der Waals surface area contributed by atoms with E-state index in [2.05, 4.69) is 0 Å². The molecule has 0 aliphatic rings. The van der Waals surface area contributed by atoms with Gasteiger partial charge in [0.15, 0.2) is 0 Å². The van der Waals surface area contributed by atoms with Gasteiger partial charge in [-0.2, -0.15) is 0 Å². The van der Waals surface area contributed by atoms with Crippen molar-refractivity contribution in [3.63, 3.8) is 0 Å². The number of hydrogen-bond acceptors (Lipinski definition) is 10. The molecule has 1 radical (unpaired) electrons. The van der Waals surface area contributed by atoms with Crippen LogP contribution in [0.2, 0.25) is 0 Å². The molecule has 0 rings (SSSR count). The molecule has 0 saturated carbocycles. The summed E-state index contributed by atoms with van der Waals surface area (Å²) in [6.07, 6.45) is 0. The van der Waals surface area contributed by atoms with Crippen molar-refractivity contribution in [2.45, 2.75) is 0 Å². The number of hydrogen-bond donors (Lipinski definition) is 1. The Labute approximate surface area is 147 Å². The predicted molar refractivity (Wildman–Crippen MR) is 29.2 cm³/mol. The summed E-state index contributed by atoms with van der Waals surface area (Å²) in [6, 6.07) is 0. The van der Waals surface area contributed by atoms with Crippen molar-refractivity contribution < 1.29 is 113 Å². The van der Waals surface area contributed by atoms with Gasteiger partial charge in [-0.15, -0.1) is 0 Å². The van der Waals surface area contributed by atoms with E-state index in [-0.39, 0.29) is 66.1 Å². The maximum absolute atomic E-state index is 8.63. The maximum Gasteiger partial charge on any atom is 2.00 e. The third kappa shape index (κ3) is 1050. The van der Waals surface area contributed by atoms with Crippen LogP contribution in [0.25, 0.3) is 0 Å². The van der Waals surface area contributed by atoms with Gasteiger partial charge in [0.2, 0.25) is 10.4 Å². The topological polar surface area (TPSA) is 221 Å². The van der Waals surface area contributed by atoms with E-state index in [0.29, 0.717) is 0 Å². The SMILES string of the molecule is O=S(=O)([O-])O.O=S(=O)([O-])[O-].O=[Se]([O-])[O-].[Cu+2].[Na+].[Zn+2]. The Morgan fingerprint density at radius 3 is 0.941 bits per heavy atom. The summed E-state index contributed by atoms with van der Waals surface area (Å²) >= 11 is -3.79. The van der Waals surface area contributed by atoms with E-state index in [9.17, 15) is 0 Å². The molecule has 0 aromatic heterocycles. The molecule has 99 valence electrons. The Morgan fingerprint density at radius 2 is 0.941 bits per heavy atom. The van der Waals surface area contributed by atoms with Crippen molar-refractivity contribution in [3.8, 4) is 0 Å². The fourth-order valence-electron chi connectivity index (χ4n) is 0. The van der Waals surface area contributed by atoms with Crippen LogP contribution in [0, 0.1) is 0 Å². The van der Waals surface area contributed by atoms with Crippen molar-refractivity contribution in [3.05, 3.63) is 0 Å². The van der Waals surface area contributed by atoms with Crippen LogP contribution in [0.1, 0.15) is 0 Å². The molecule has 0 aliphatic heterocycles. The van der Waals surface area contributed by atoms with Crippen molar-refractivity contribution in [2.24, 2.45) is 0 Å². The first kappa shape index (κ1) is 36.5. The Hall–Kier alpha value is 2.12. The minimum Gasteiger partial charge on any atom is 1.00 e. The molecule has 0 fully saturated rings. The predicted octanol–water partition coefficient (Wildman–Crippen LogP) is -8.21. The molecule has 1 N–H and O–H groups in total. The van der Waals surface area contributed by atoms with Gasteiger partial charge in [-0.3, -0.25) is 13.0 Å². The minimum atomic E-state index is -5.17. The van der Waals surface area contributed by atoms with Gasteiger partial charge in [0, 0.05) is 10.4 Å². The van der Waals surface area contributed by atoms with Crippen LogP contribution in [0.4, 0.5) is 0 Å². The quantitative estimate of drug-likeness (QED) is 0.198. The van der Waals surface area contributed by atoms with Crippen molar-refractivity contribution in [2.75, 3.05) is 0 Å². The summed E-state index contributed by atoms with van der Waals surface area (Å²) in [6.45, 7) is 0. The number of rotatable bonds is 0. The Balaban J connectivity index is -0.0000000247. The van der Waals surface area contributed by atoms with E-state index in [1.165, 1.54) is 0 Å². The fraction of sp³-hybridized carbons (Fsp3) is 0. The second-order valence-electron chi connectivity index (χ2n) is 1.04.